The van der Waals surface area contributed by atoms with Crippen LogP contribution < -0.4 is 0 Å². The number of nitrogens with zero attached hydrogens (tertiary/aromatic N) is 1. The zero-order valence-corrected chi connectivity index (χ0v) is 13.6. The Hall–Kier alpha value is -2.39. The highest BCUT2D eigenvalue weighted by molar-refractivity contribution is 5.77. The lowest BCUT2D eigenvalue weighted by atomic mass is 10.1. The van der Waals surface area contributed by atoms with Gasteiger partial charge in [-0.2, -0.15) is 0 Å². The van der Waals surface area contributed by atoms with Crippen LogP contribution in [0.5, 0.6) is 0 Å². The minimum absolute atomic E-state index is 0.122. The number of hydrogen-bond donors (Lipinski definition) is 1. The molecule has 23 heavy (non-hydrogen) atoms. The molecule has 3 nitrogen and oxygen atoms in total. The molecule has 0 fully saturated rings. The Labute approximate surface area is 137 Å². The van der Waals surface area contributed by atoms with Gasteiger partial charge in [0.05, 0.1) is 0 Å². The Morgan fingerprint density at radius 1 is 1.04 bits per heavy atom. The van der Waals surface area contributed by atoms with Gasteiger partial charge in [0.2, 0.25) is 0 Å². The molecule has 0 saturated heterocycles. The van der Waals surface area contributed by atoms with Gasteiger partial charge in [-0.3, -0.25) is 9.69 Å². The van der Waals surface area contributed by atoms with Gasteiger partial charge in [-0.15, -0.1) is 0 Å². The standard InChI is InChI=1S/C20H23NO2/c1-16(2)21(15-18-11-7-4-8-12-18)19(20(22)23)14-13-17-9-5-3-6-10-17/h3-14,16,19H,15H2,1-2H3,(H,22,23)/b14-13+/t19-/m0/s1. The Balaban J connectivity index is 2.21. The van der Waals surface area contributed by atoms with Crippen LogP contribution >= 0.6 is 0 Å². The van der Waals surface area contributed by atoms with E-state index in [1.165, 1.54) is 0 Å². The minimum atomic E-state index is -0.832. The fourth-order valence-corrected chi connectivity index (χ4v) is 2.50. The maximum Gasteiger partial charge on any atom is 0.324 e. The second kappa shape index (κ2) is 8.30. The third-order valence-corrected chi connectivity index (χ3v) is 3.75. The normalized spacial score (nSPS) is 12.9. The van der Waals surface area contributed by atoms with Crippen LogP contribution in [0.2, 0.25) is 0 Å². The molecule has 0 spiro atoms. The van der Waals surface area contributed by atoms with Crippen molar-refractivity contribution in [2.45, 2.75) is 32.5 Å². The van der Waals surface area contributed by atoms with Gasteiger partial charge in [0.15, 0.2) is 0 Å². The third-order valence-electron chi connectivity index (χ3n) is 3.75. The smallest absolute Gasteiger partial charge is 0.324 e. The molecule has 0 bridgehead atoms. The van der Waals surface area contributed by atoms with Crippen LogP contribution in [-0.4, -0.2) is 28.1 Å². The molecule has 0 aliphatic heterocycles. The highest BCUT2D eigenvalue weighted by atomic mass is 16.4. The van der Waals surface area contributed by atoms with Gasteiger partial charge >= 0.3 is 5.97 Å². The van der Waals surface area contributed by atoms with E-state index in [4.69, 9.17) is 0 Å². The molecule has 0 saturated carbocycles. The average Bonchev–Trinajstić information content (AvgIpc) is 2.55. The number of carbonyl (C=O) groups is 1. The van der Waals surface area contributed by atoms with Crippen molar-refractivity contribution in [3.63, 3.8) is 0 Å². The summed E-state index contributed by atoms with van der Waals surface area (Å²) in [6.07, 6.45) is 3.64. The van der Waals surface area contributed by atoms with E-state index < -0.39 is 12.0 Å². The molecule has 0 amide bonds. The summed E-state index contributed by atoms with van der Waals surface area (Å²) in [7, 11) is 0. The van der Waals surface area contributed by atoms with E-state index in [0.29, 0.717) is 6.54 Å². The molecule has 2 aromatic carbocycles. The zero-order chi connectivity index (χ0) is 16.7. The Bertz CT molecular complexity index is 635. The van der Waals surface area contributed by atoms with Crippen LogP contribution in [0, 0.1) is 0 Å². The summed E-state index contributed by atoms with van der Waals surface area (Å²) in [6.45, 7) is 4.65. The maximum absolute atomic E-state index is 11.8. The fraction of sp³-hybridized carbons (Fsp3) is 0.250. The lowest BCUT2D eigenvalue weighted by Crippen LogP contribution is -2.43. The van der Waals surface area contributed by atoms with E-state index in [2.05, 4.69) is 0 Å². The quantitative estimate of drug-likeness (QED) is 0.838. The lowest BCUT2D eigenvalue weighted by Gasteiger charge is -2.30. The molecule has 0 aromatic heterocycles. The number of aliphatic carboxylic acids is 1. The van der Waals surface area contributed by atoms with E-state index in [1.807, 2.05) is 85.5 Å². The van der Waals surface area contributed by atoms with Gasteiger partial charge in [0, 0.05) is 12.6 Å². The van der Waals surface area contributed by atoms with Gasteiger partial charge in [-0.1, -0.05) is 72.8 Å². The first-order valence-corrected chi connectivity index (χ1v) is 7.83. The molecule has 0 aliphatic rings. The van der Waals surface area contributed by atoms with Crippen molar-refractivity contribution in [1.82, 2.24) is 4.90 Å². The minimum Gasteiger partial charge on any atom is -0.480 e. The maximum atomic E-state index is 11.8. The summed E-state index contributed by atoms with van der Waals surface area (Å²) < 4.78 is 0. The van der Waals surface area contributed by atoms with Crippen LogP contribution in [0.15, 0.2) is 66.7 Å². The summed E-state index contributed by atoms with van der Waals surface area (Å²) in [5.41, 5.74) is 2.11. The molecule has 2 rings (SSSR count). The number of benzene rings is 2. The number of carboxylic acid groups (broad SMARTS) is 1. The van der Waals surface area contributed by atoms with Crippen LogP contribution in [0.25, 0.3) is 6.08 Å². The van der Waals surface area contributed by atoms with Gasteiger partial charge in [-0.25, -0.2) is 0 Å². The van der Waals surface area contributed by atoms with Crippen molar-refractivity contribution >= 4 is 12.0 Å². The van der Waals surface area contributed by atoms with E-state index in [9.17, 15) is 9.90 Å². The zero-order valence-electron chi connectivity index (χ0n) is 13.6. The van der Waals surface area contributed by atoms with Gasteiger partial charge in [-0.05, 0) is 25.0 Å². The van der Waals surface area contributed by atoms with Crippen molar-refractivity contribution in [2.75, 3.05) is 0 Å². The molecule has 0 heterocycles. The molecule has 1 atom stereocenters. The molecule has 120 valence electrons. The van der Waals surface area contributed by atoms with Gasteiger partial charge in [0.1, 0.15) is 6.04 Å². The van der Waals surface area contributed by atoms with E-state index >= 15 is 0 Å². The first kappa shape index (κ1) is 17.0. The van der Waals surface area contributed by atoms with Crippen molar-refractivity contribution in [1.29, 1.82) is 0 Å². The first-order valence-electron chi connectivity index (χ1n) is 7.83. The molecular weight excluding hydrogens is 286 g/mol. The van der Waals surface area contributed by atoms with Gasteiger partial charge in [0.25, 0.3) is 0 Å². The van der Waals surface area contributed by atoms with E-state index in [1.54, 1.807) is 6.08 Å². The third kappa shape index (κ3) is 5.08. The van der Waals surface area contributed by atoms with Crippen molar-refractivity contribution in [3.05, 3.63) is 77.9 Å². The van der Waals surface area contributed by atoms with Gasteiger partial charge < -0.3 is 5.11 Å². The van der Waals surface area contributed by atoms with Crippen LogP contribution in [0.4, 0.5) is 0 Å². The topological polar surface area (TPSA) is 40.5 Å². The summed E-state index contributed by atoms with van der Waals surface area (Å²) in [5.74, 6) is -0.832. The first-order chi connectivity index (χ1) is 11.1. The predicted molar refractivity (Wildman–Crippen MR) is 94.0 cm³/mol. The Kier molecular flexibility index (Phi) is 6.12. The Morgan fingerprint density at radius 3 is 2.13 bits per heavy atom. The second-order valence-electron chi connectivity index (χ2n) is 5.80. The molecular formula is C20H23NO2. The van der Waals surface area contributed by atoms with Crippen molar-refractivity contribution in [2.24, 2.45) is 0 Å². The fourth-order valence-electron chi connectivity index (χ4n) is 2.50. The van der Waals surface area contributed by atoms with Crippen molar-refractivity contribution in [3.8, 4) is 0 Å². The second-order valence-corrected chi connectivity index (χ2v) is 5.80. The number of carboxylic acids is 1. The molecule has 0 radical (unpaired) electrons. The molecule has 0 aliphatic carbocycles. The molecule has 2 aromatic rings. The molecule has 3 heteroatoms. The van der Waals surface area contributed by atoms with Crippen molar-refractivity contribution < 1.29 is 9.90 Å². The monoisotopic (exact) mass is 309 g/mol. The SMILES string of the molecule is CC(C)N(Cc1ccccc1)[C@@H](/C=C/c1ccccc1)C(=O)O. The predicted octanol–water partition coefficient (Wildman–Crippen LogP) is 4.06. The highest BCUT2D eigenvalue weighted by Crippen LogP contribution is 2.15. The average molecular weight is 309 g/mol. The van der Waals surface area contributed by atoms with Crippen LogP contribution in [0.1, 0.15) is 25.0 Å². The molecule has 1 N–H and O–H groups in total. The summed E-state index contributed by atoms with van der Waals surface area (Å²) in [5, 5.41) is 9.66. The van der Waals surface area contributed by atoms with E-state index in [0.717, 1.165) is 11.1 Å². The van der Waals surface area contributed by atoms with Crippen LogP contribution in [0.3, 0.4) is 0 Å². The van der Waals surface area contributed by atoms with Crippen LogP contribution in [-0.2, 0) is 11.3 Å². The lowest BCUT2D eigenvalue weighted by molar-refractivity contribution is -0.142. The number of hydrogen-bond acceptors (Lipinski definition) is 2. The largest absolute Gasteiger partial charge is 0.480 e. The van der Waals surface area contributed by atoms with E-state index in [-0.39, 0.29) is 6.04 Å². The summed E-state index contributed by atoms with van der Waals surface area (Å²) >= 11 is 0. The summed E-state index contributed by atoms with van der Waals surface area (Å²) in [6, 6.07) is 19.2. The number of rotatable bonds is 7. The highest BCUT2D eigenvalue weighted by Gasteiger charge is 2.25. The molecule has 0 unspecified atom stereocenters. The summed E-state index contributed by atoms with van der Waals surface area (Å²) in [4.78, 5) is 13.7. The Morgan fingerprint density at radius 2 is 1.61 bits per heavy atom.